The lowest BCUT2D eigenvalue weighted by atomic mass is 10.00. The molecular formula is C18H22N4. The molecule has 3 aromatic rings. The lowest BCUT2D eigenvalue weighted by molar-refractivity contribution is 0.667. The summed E-state index contributed by atoms with van der Waals surface area (Å²) in [4.78, 5) is 8.35. The van der Waals surface area contributed by atoms with Crippen LogP contribution in [-0.2, 0) is 6.42 Å². The topological polar surface area (TPSA) is 77.8 Å². The number of rotatable bonds is 5. The van der Waals surface area contributed by atoms with Crippen molar-refractivity contribution < 1.29 is 0 Å². The lowest BCUT2D eigenvalue weighted by Gasteiger charge is -2.08. The van der Waals surface area contributed by atoms with Gasteiger partial charge in [-0.25, -0.2) is 4.98 Å². The molecule has 0 amide bonds. The maximum Gasteiger partial charge on any atom is 0.222 e. The largest absolute Gasteiger partial charge is 0.383 e. The van der Waals surface area contributed by atoms with Gasteiger partial charge in [0, 0.05) is 0 Å². The molecule has 0 spiro atoms. The second kappa shape index (κ2) is 6.18. The van der Waals surface area contributed by atoms with Crippen LogP contribution in [0.15, 0.2) is 30.3 Å². The minimum Gasteiger partial charge on any atom is -0.383 e. The van der Waals surface area contributed by atoms with Gasteiger partial charge >= 0.3 is 0 Å². The predicted molar refractivity (Wildman–Crippen MR) is 93.7 cm³/mol. The molecular weight excluding hydrogens is 272 g/mol. The Morgan fingerprint density at radius 2 is 1.82 bits per heavy atom. The zero-order chi connectivity index (χ0) is 15.5. The zero-order valence-corrected chi connectivity index (χ0v) is 13.0. The summed E-state index contributed by atoms with van der Waals surface area (Å²) in [5.41, 5.74) is 13.9. The standard InChI is InChI=1S/C18H22N4/c1-2-3-4-5-6-12-7-9-14-13(11-12)8-10-15-16(14)17(19)22-18(20)21-15/h7-11H,2-6H2,1H3,(H4,19,20,21,22). The van der Waals surface area contributed by atoms with Crippen molar-refractivity contribution in [2.24, 2.45) is 0 Å². The Balaban J connectivity index is 1.98. The molecule has 0 aliphatic heterocycles. The molecule has 0 fully saturated rings. The van der Waals surface area contributed by atoms with Crippen molar-refractivity contribution in [3.63, 3.8) is 0 Å². The van der Waals surface area contributed by atoms with Gasteiger partial charge in [0.1, 0.15) is 5.82 Å². The highest BCUT2D eigenvalue weighted by molar-refractivity contribution is 6.11. The highest BCUT2D eigenvalue weighted by Crippen LogP contribution is 2.29. The van der Waals surface area contributed by atoms with E-state index >= 15 is 0 Å². The van der Waals surface area contributed by atoms with E-state index < -0.39 is 0 Å². The van der Waals surface area contributed by atoms with Crippen LogP contribution in [0.2, 0.25) is 0 Å². The number of nitrogens with two attached hydrogens (primary N) is 2. The monoisotopic (exact) mass is 294 g/mol. The van der Waals surface area contributed by atoms with Gasteiger partial charge < -0.3 is 11.5 Å². The first kappa shape index (κ1) is 14.6. The third kappa shape index (κ3) is 2.82. The van der Waals surface area contributed by atoms with Crippen LogP contribution < -0.4 is 11.5 Å². The van der Waals surface area contributed by atoms with Crippen LogP contribution in [0.5, 0.6) is 0 Å². The molecule has 0 atom stereocenters. The number of hydrogen-bond acceptors (Lipinski definition) is 4. The zero-order valence-electron chi connectivity index (χ0n) is 13.0. The highest BCUT2D eigenvalue weighted by Gasteiger charge is 2.08. The van der Waals surface area contributed by atoms with E-state index in [0.717, 1.165) is 22.7 Å². The molecule has 22 heavy (non-hydrogen) atoms. The van der Waals surface area contributed by atoms with Gasteiger partial charge in [0.25, 0.3) is 0 Å². The molecule has 0 aliphatic carbocycles. The molecule has 0 saturated heterocycles. The Labute approximate surface area is 130 Å². The first-order valence-corrected chi connectivity index (χ1v) is 7.93. The maximum absolute atomic E-state index is 6.04. The molecule has 0 radical (unpaired) electrons. The lowest BCUT2D eigenvalue weighted by Crippen LogP contribution is -2.00. The minimum atomic E-state index is 0.219. The van der Waals surface area contributed by atoms with Gasteiger partial charge in [-0.2, -0.15) is 4.98 Å². The summed E-state index contributed by atoms with van der Waals surface area (Å²) in [6.07, 6.45) is 6.25. The summed E-state index contributed by atoms with van der Waals surface area (Å²) in [5, 5.41) is 3.16. The fourth-order valence-electron chi connectivity index (χ4n) is 2.97. The van der Waals surface area contributed by atoms with E-state index in [9.17, 15) is 0 Å². The van der Waals surface area contributed by atoms with Crippen molar-refractivity contribution in [3.8, 4) is 0 Å². The Morgan fingerprint density at radius 1 is 0.955 bits per heavy atom. The van der Waals surface area contributed by atoms with E-state index in [-0.39, 0.29) is 5.95 Å². The van der Waals surface area contributed by atoms with Crippen molar-refractivity contribution in [2.75, 3.05) is 11.5 Å². The van der Waals surface area contributed by atoms with Crippen molar-refractivity contribution in [2.45, 2.75) is 39.0 Å². The Bertz CT molecular complexity index is 811. The van der Waals surface area contributed by atoms with Gasteiger partial charge in [-0.05, 0) is 35.2 Å². The molecule has 4 nitrogen and oxygen atoms in total. The Kier molecular flexibility index (Phi) is 4.09. The first-order chi connectivity index (χ1) is 10.7. The number of aromatic nitrogens is 2. The summed E-state index contributed by atoms with van der Waals surface area (Å²) in [7, 11) is 0. The van der Waals surface area contributed by atoms with Crippen LogP contribution in [0.3, 0.4) is 0 Å². The van der Waals surface area contributed by atoms with Crippen LogP contribution in [0, 0.1) is 0 Å². The summed E-state index contributed by atoms with van der Waals surface area (Å²) in [6, 6.07) is 10.6. The van der Waals surface area contributed by atoms with Crippen molar-refractivity contribution >= 4 is 33.4 Å². The second-order valence-corrected chi connectivity index (χ2v) is 5.79. The van der Waals surface area contributed by atoms with Crippen molar-refractivity contribution in [3.05, 3.63) is 35.9 Å². The van der Waals surface area contributed by atoms with Crippen LogP contribution in [0.25, 0.3) is 21.7 Å². The molecule has 3 rings (SSSR count). The van der Waals surface area contributed by atoms with Gasteiger partial charge in [0.05, 0.1) is 10.9 Å². The number of nitrogens with zero attached hydrogens (tertiary/aromatic N) is 2. The fraction of sp³-hybridized carbons (Fsp3) is 0.333. The molecule has 1 aromatic heterocycles. The van der Waals surface area contributed by atoms with Crippen molar-refractivity contribution in [1.82, 2.24) is 9.97 Å². The molecule has 0 unspecified atom stereocenters. The van der Waals surface area contributed by atoms with Crippen LogP contribution in [0.1, 0.15) is 38.2 Å². The molecule has 4 heteroatoms. The van der Waals surface area contributed by atoms with Crippen LogP contribution in [0.4, 0.5) is 11.8 Å². The van der Waals surface area contributed by atoms with Gasteiger partial charge in [-0.15, -0.1) is 0 Å². The predicted octanol–water partition coefficient (Wildman–Crippen LogP) is 4.07. The quantitative estimate of drug-likeness (QED) is 0.549. The summed E-state index contributed by atoms with van der Waals surface area (Å²) in [6.45, 7) is 2.24. The molecule has 2 aromatic carbocycles. The number of aryl methyl sites for hydroxylation is 1. The summed E-state index contributed by atoms with van der Waals surface area (Å²) < 4.78 is 0. The first-order valence-electron chi connectivity index (χ1n) is 7.93. The van der Waals surface area contributed by atoms with Crippen molar-refractivity contribution in [1.29, 1.82) is 0 Å². The highest BCUT2D eigenvalue weighted by atomic mass is 15.0. The number of hydrogen-bond donors (Lipinski definition) is 2. The van der Waals surface area contributed by atoms with Gasteiger partial charge in [-0.1, -0.05) is 50.5 Å². The number of unbranched alkanes of at least 4 members (excludes halogenated alkanes) is 3. The average Bonchev–Trinajstić information content (AvgIpc) is 2.50. The van der Waals surface area contributed by atoms with E-state index in [1.54, 1.807) is 0 Å². The molecule has 0 aliphatic rings. The second-order valence-electron chi connectivity index (χ2n) is 5.79. The van der Waals surface area contributed by atoms with E-state index in [4.69, 9.17) is 11.5 Å². The summed E-state index contributed by atoms with van der Waals surface area (Å²) >= 11 is 0. The third-order valence-electron chi connectivity index (χ3n) is 4.11. The number of benzene rings is 2. The number of nitrogen functional groups attached to an aromatic ring is 2. The van der Waals surface area contributed by atoms with E-state index in [0.29, 0.717) is 5.82 Å². The van der Waals surface area contributed by atoms with Crippen LogP contribution in [-0.4, -0.2) is 9.97 Å². The maximum atomic E-state index is 6.04. The van der Waals surface area contributed by atoms with Gasteiger partial charge in [-0.3, -0.25) is 0 Å². The number of fused-ring (bicyclic) bond motifs is 3. The summed E-state index contributed by atoms with van der Waals surface area (Å²) in [5.74, 6) is 0.667. The minimum absolute atomic E-state index is 0.219. The van der Waals surface area contributed by atoms with Crippen LogP contribution >= 0.6 is 0 Å². The number of anilines is 2. The SMILES string of the molecule is CCCCCCc1ccc2c(ccc3nc(N)nc(N)c32)c1. The Morgan fingerprint density at radius 3 is 2.64 bits per heavy atom. The van der Waals surface area contributed by atoms with E-state index in [1.165, 1.54) is 36.6 Å². The third-order valence-corrected chi connectivity index (χ3v) is 4.11. The molecule has 1 heterocycles. The average molecular weight is 294 g/mol. The Hall–Kier alpha value is -2.36. The van der Waals surface area contributed by atoms with E-state index in [1.807, 2.05) is 6.07 Å². The smallest absolute Gasteiger partial charge is 0.222 e. The fourth-order valence-corrected chi connectivity index (χ4v) is 2.97. The molecule has 114 valence electrons. The molecule has 0 bridgehead atoms. The molecule has 0 saturated carbocycles. The van der Waals surface area contributed by atoms with Gasteiger partial charge in [0.2, 0.25) is 5.95 Å². The van der Waals surface area contributed by atoms with Gasteiger partial charge in [0.15, 0.2) is 0 Å². The molecule has 4 N–H and O–H groups in total. The van der Waals surface area contributed by atoms with E-state index in [2.05, 4.69) is 41.2 Å². The normalized spacial score (nSPS) is 11.3.